The molecule has 1 saturated carbocycles. The molecule has 166 valence electrons. The van der Waals surface area contributed by atoms with Crippen LogP contribution in [0.1, 0.15) is 51.9 Å². The molecule has 0 bridgehead atoms. The first kappa shape index (κ1) is 23.8. The SMILES string of the molecule is C=CCNC(=O)C(=O)C(CCC)NC(=O)[C@@H]1C=CCN1C(=O)[C@@H](N)C1CCCCC1. The summed E-state index contributed by atoms with van der Waals surface area (Å²) >= 11 is 0. The number of nitrogens with two attached hydrogens (primary N) is 1. The molecule has 0 radical (unpaired) electrons. The summed E-state index contributed by atoms with van der Waals surface area (Å²) in [6, 6.07) is -2.39. The Balaban J connectivity index is 2.02. The zero-order valence-electron chi connectivity index (χ0n) is 17.8. The maximum atomic E-state index is 13.0. The Bertz CT molecular complexity index is 685. The quantitative estimate of drug-likeness (QED) is 0.358. The van der Waals surface area contributed by atoms with Gasteiger partial charge in [-0.1, -0.05) is 50.8 Å². The average molecular weight is 419 g/mol. The molecule has 1 heterocycles. The third-order valence-corrected chi connectivity index (χ3v) is 5.79. The highest BCUT2D eigenvalue weighted by Gasteiger charge is 2.37. The van der Waals surface area contributed by atoms with E-state index in [9.17, 15) is 19.2 Å². The van der Waals surface area contributed by atoms with Gasteiger partial charge in [-0.15, -0.1) is 6.58 Å². The number of rotatable bonds is 10. The minimum Gasteiger partial charge on any atom is -0.346 e. The van der Waals surface area contributed by atoms with Crippen LogP contribution in [0.4, 0.5) is 0 Å². The molecule has 4 N–H and O–H groups in total. The van der Waals surface area contributed by atoms with E-state index in [0.717, 1.165) is 25.7 Å². The molecule has 1 fully saturated rings. The Morgan fingerprint density at radius 2 is 1.93 bits per heavy atom. The first-order valence-electron chi connectivity index (χ1n) is 10.9. The molecule has 1 aliphatic heterocycles. The molecular formula is C22H34N4O4. The Kier molecular flexibility index (Phi) is 9.23. The van der Waals surface area contributed by atoms with Gasteiger partial charge in [0.1, 0.15) is 6.04 Å². The van der Waals surface area contributed by atoms with E-state index in [2.05, 4.69) is 17.2 Å². The number of Topliss-reactive ketones (excluding diaryl/α,β-unsaturated/α-hetero) is 1. The summed E-state index contributed by atoms with van der Waals surface area (Å²) in [5.41, 5.74) is 6.25. The van der Waals surface area contributed by atoms with Crippen molar-refractivity contribution in [1.82, 2.24) is 15.5 Å². The van der Waals surface area contributed by atoms with Crippen molar-refractivity contribution in [3.8, 4) is 0 Å². The minimum atomic E-state index is -0.940. The number of ketones is 1. The summed E-state index contributed by atoms with van der Waals surface area (Å²) in [6.45, 7) is 5.84. The molecule has 3 amide bonds. The smallest absolute Gasteiger partial charge is 0.289 e. The summed E-state index contributed by atoms with van der Waals surface area (Å²) in [4.78, 5) is 51.8. The van der Waals surface area contributed by atoms with Gasteiger partial charge >= 0.3 is 0 Å². The largest absolute Gasteiger partial charge is 0.346 e. The van der Waals surface area contributed by atoms with E-state index in [1.165, 1.54) is 17.4 Å². The number of carbonyl (C=O) groups excluding carboxylic acids is 4. The Morgan fingerprint density at radius 1 is 1.23 bits per heavy atom. The van der Waals surface area contributed by atoms with Crippen LogP contribution < -0.4 is 16.4 Å². The fourth-order valence-corrected chi connectivity index (χ4v) is 4.09. The number of nitrogens with one attached hydrogen (secondary N) is 2. The monoisotopic (exact) mass is 418 g/mol. The van der Waals surface area contributed by atoms with Crippen LogP contribution in [-0.2, 0) is 19.2 Å². The highest BCUT2D eigenvalue weighted by Crippen LogP contribution is 2.27. The van der Waals surface area contributed by atoms with Crippen molar-refractivity contribution < 1.29 is 19.2 Å². The maximum absolute atomic E-state index is 13.0. The number of carbonyl (C=O) groups is 4. The van der Waals surface area contributed by atoms with E-state index in [4.69, 9.17) is 5.73 Å². The van der Waals surface area contributed by atoms with Crippen LogP contribution in [0.25, 0.3) is 0 Å². The van der Waals surface area contributed by atoms with Crippen LogP contribution in [-0.4, -0.2) is 59.6 Å². The van der Waals surface area contributed by atoms with Crippen molar-refractivity contribution in [2.24, 2.45) is 11.7 Å². The van der Waals surface area contributed by atoms with Gasteiger partial charge in [0, 0.05) is 13.1 Å². The average Bonchev–Trinajstić information content (AvgIpc) is 3.26. The van der Waals surface area contributed by atoms with Crippen LogP contribution in [0.2, 0.25) is 0 Å². The molecule has 0 spiro atoms. The zero-order valence-corrected chi connectivity index (χ0v) is 17.8. The second-order valence-corrected chi connectivity index (χ2v) is 8.00. The van der Waals surface area contributed by atoms with Crippen molar-refractivity contribution in [1.29, 1.82) is 0 Å². The van der Waals surface area contributed by atoms with E-state index >= 15 is 0 Å². The van der Waals surface area contributed by atoms with Crippen LogP contribution in [0.15, 0.2) is 24.8 Å². The number of hydrogen-bond acceptors (Lipinski definition) is 5. The summed E-state index contributed by atoms with van der Waals surface area (Å²) < 4.78 is 0. The van der Waals surface area contributed by atoms with E-state index in [0.29, 0.717) is 19.4 Å². The normalized spacial score (nSPS) is 21.0. The second kappa shape index (κ2) is 11.6. The molecule has 8 nitrogen and oxygen atoms in total. The summed E-state index contributed by atoms with van der Waals surface area (Å²) in [6.07, 6.45) is 11.0. The third kappa shape index (κ3) is 6.01. The lowest BCUT2D eigenvalue weighted by atomic mass is 9.83. The van der Waals surface area contributed by atoms with Gasteiger partial charge in [-0.05, 0) is 25.2 Å². The van der Waals surface area contributed by atoms with Gasteiger partial charge in [0.2, 0.25) is 17.6 Å². The number of nitrogens with zero attached hydrogens (tertiary/aromatic N) is 1. The molecular weight excluding hydrogens is 384 g/mol. The van der Waals surface area contributed by atoms with Crippen molar-refractivity contribution in [2.75, 3.05) is 13.1 Å². The molecule has 0 aromatic carbocycles. The Morgan fingerprint density at radius 3 is 2.57 bits per heavy atom. The molecule has 2 aliphatic rings. The lowest BCUT2D eigenvalue weighted by Crippen LogP contribution is -2.56. The molecule has 0 aromatic heterocycles. The number of hydrogen-bond donors (Lipinski definition) is 3. The van der Waals surface area contributed by atoms with Crippen molar-refractivity contribution in [3.63, 3.8) is 0 Å². The van der Waals surface area contributed by atoms with Gasteiger partial charge in [0.15, 0.2) is 0 Å². The van der Waals surface area contributed by atoms with Gasteiger partial charge in [0.25, 0.3) is 5.91 Å². The standard InChI is InChI=1S/C22H34N4O4/c1-3-9-16(19(27)21(29)24-13-4-2)25-20(28)17-12-8-14-26(17)22(30)18(23)15-10-6-5-7-11-15/h4,8,12,15-18H,2-3,5-7,9-11,13-14,23H2,1H3,(H,24,29)(H,25,28)/t16?,17-,18-/m0/s1. The van der Waals surface area contributed by atoms with E-state index in [1.807, 2.05) is 6.92 Å². The van der Waals surface area contributed by atoms with Crippen molar-refractivity contribution in [2.45, 2.75) is 70.0 Å². The van der Waals surface area contributed by atoms with Crippen LogP contribution in [0.5, 0.6) is 0 Å². The number of amides is 3. The summed E-state index contributed by atoms with van der Waals surface area (Å²) in [5.74, 6) is -2.04. The van der Waals surface area contributed by atoms with Crippen LogP contribution in [0.3, 0.4) is 0 Å². The van der Waals surface area contributed by atoms with Crippen LogP contribution in [0, 0.1) is 5.92 Å². The first-order chi connectivity index (χ1) is 14.4. The predicted molar refractivity (Wildman–Crippen MR) is 114 cm³/mol. The van der Waals surface area contributed by atoms with Gasteiger partial charge in [-0.2, -0.15) is 0 Å². The maximum Gasteiger partial charge on any atom is 0.289 e. The van der Waals surface area contributed by atoms with Gasteiger partial charge < -0.3 is 21.3 Å². The van der Waals surface area contributed by atoms with Gasteiger partial charge in [-0.25, -0.2) is 0 Å². The van der Waals surface area contributed by atoms with Crippen molar-refractivity contribution >= 4 is 23.5 Å². The van der Waals surface area contributed by atoms with E-state index < -0.39 is 35.7 Å². The summed E-state index contributed by atoms with van der Waals surface area (Å²) in [5, 5.41) is 5.10. The highest BCUT2D eigenvalue weighted by molar-refractivity contribution is 6.38. The molecule has 2 rings (SSSR count). The minimum absolute atomic E-state index is 0.138. The van der Waals surface area contributed by atoms with Gasteiger partial charge in [0.05, 0.1) is 12.1 Å². The molecule has 3 atom stereocenters. The predicted octanol–water partition coefficient (Wildman–Crippen LogP) is 0.817. The lowest BCUT2D eigenvalue weighted by molar-refractivity contribution is -0.142. The van der Waals surface area contributed by atoms with Crippen molar-refractivity contribution in [3.05, 3.63) is 24.8 Å². The molecule has 1 aliphatic carbocycles. The highest BCUT2D eigenvalue weighted by atomic mass is 16.2. The zero-order chi connectivity index (χ0) is 22.1. The molecule has 0 aromatic rings. The van der Waals surface area contributed by atoms with E-state index in [-0.39, 0.29) is 18.4 Å². The first-order valence-corrected chi connectivity index (χ1v) is 10.9. The topological polar surface area (TPSA) is 122 Å². The van der Waals surface area contributed by atoms with Gasteiger partial charge in [-0.3, -0.25) is 19.2 Å². The van der Waals surface area contributed by atoms with E-state index in [1.54, 1.807) is 12.2 Å². The Labute approximate surface area is 178 Å². The fourth-order valence-electron chi connectivity index (χ4n) is 4.09. The third-order valence-electron chi connectivity index (χ3n) is 5.79. The fraction of sp³-hybridized carbons (Fsp3) is 0.636. The molecule has 8 heteroatoms. The second-order valence-electron chi connectivity index (χ2n) is 8.00. The molecule has 0 saturated heterocycles. The Hall–Kier alpha value is -2.48. The van der Waals surface area contributed by atoms with Crippen LogP contribution >= 0.6 is 0 Å². The summed E-state index contributed by atoms with van der Waals surface area (Å²) in [7, 11) is 0. The molecule has 1 unspecified atom stereocenters. The molecule has 30 heavy (non-hydrogen) atoms. The lowest BCUT2D eigenvalue weighted by Gasteiger charge is -2.32.